The average Bonchev–Trinajstić information content (AvgIpc) is 2.83. The molecule has 0 aliphatic rings. The van der Waals surface area contributed by atoms with E-state index in [-0.39, 0.29) is 31.3 Å². The molecule has 3 N–H and O–H groups in total. The van der Waals surface area contributed by atoms with Crippen molar-refractivity contribution in [2.75, 3.05) is 6.61 Å². The first-order valence-electron chi connectivity index (χ1n) is 11.5. The molecule has 0 saturated heterocycles. The van der Waals surface area contributed by atoms with Crippen molar-refractivity contribution >= 4 is 5.97 Å². The van der Waals surface area contributed by atoms with Gasteiger partial charge in [-0.1, -0.05) is 25.1 Å². The number of carboxylic acid groups (broad SMARTS) is 1. The molecule has 3 aromatic rings. The van der Waals surface area contributed by atoms with E-state index in [2.05, 4.69) is 9.97 Å². The van der Waals surface area contributed by atoms with E-state index in [1.54, 1.807) is 18.2 Å². The van der Waals surface area contributed by atoms with Gasteiger partial charge in [0.25, 0.3) is 0 Å². The van der Waals surface area contributed by atoms with Crippen molar-refractivity contribution in [2.24, 2.45) is 5.73 Å². The van der Waals surface area contributed by atoms with Gasteiger partial charge in [-0.15, -0.1) is 0 Å². The van der Waals surface area contributed by atoms with Crippen molar-refractivity contribution in [2.45, 2.75) is 50.5 Å². The predicted octanol–water partition coefficient (Wildman–Crippen LogP) is 5.57. The summed E-state index contributed by atoms with van der Waals surface area (Å²) in [6.07, 6.45) is -7.30. The summed E-state index contributed by atoms with van der Waals surface area (Å²) in [5.74, 6) is -0.711. The molecular weight excluding hydrogens is 516 g/mol. The smallest absolute Gasteiger partial charge is 0.416 e. The number of nitrogens with two attached hydrogens (primary N) is 1. The van der Waals surface area contributed by atoms with Crippen LogP contribution in [0.3, 0.4) is 0 Å². The lowest BCUT2D eigenvalue weighted by Crippen LogP contribution is -2.43. The summed E-state index contributed by atoms with van der Waals surface area (Å²) in [5, 5.41) is 8.97. The molecule has 1 unspecified atom stereocenters. The second-order valence-electron chi connectivity index (χ2n) is 8.79. The normalized spacial score (nSPS) is 13.7. The minimum atomic E-state index is -5.06. The molecule has 3 rings (SSSR count). The highest BCUT2D eigenvalue weighted by Crippen LogP contribution is 2.39. The standard InChI is InChI=1S/C26H25F6N3O3/c1-2-16-14-34-23(35-15-16)24(33,8-9-38-20-5-3-4-17(10-20)11-22(36)37)13-18-6-7-19(25(27,28)29)12-21(18)26(30,31)32/h3-7,10,12,14-15H,2,8-9,11,13,33H2,1H3,(H,36,37). The topological polar surface area (TPSA) is 98.3 Å². The molecule has 1 heterocycles. The molecule has 2 aromatic carbocycles. The lowest BCUT2D eigenvalue weighted by molar-refractivity contribution is -0.143. The first-order chi connectivity index (χ1) is 17.7. The van der Waals surface area contributed by atoms with Gasteiger partial charge in [0.05, 0.1) is 29.7 Å². The van der Waals surface area contributed by atoms with Crippen molar-refractivity contribution < 1.29 is 41.0 Å². The van der Waals surface area contributed by atoms with E-state index < -0.39 is 47.0 Å². The molecule has 6 nitrogen and oxygen atoms in total. The van der Waals surface area contributed by atoms with Gasteiger partial charge in [-0.2, -0.15) is 26.3 Å². The Morgan fingerprint density at radius 2 is 1.66 bits per heavy atom. The first kappa shape index (κ1) is 28.9. The minimum Gasteiger partial charge on any atom is -0.494 e. The van der Waals surface area contributed by atoms with Crippen LogP contribution in [0.25, 0.3) is 0 Å². The van der Waals surface area contributed by atoms with Crippen LogP contribution in [0.5, 0.6) is 5.75 Å². The van der Waals surface area contributed by atoms with Gasteiger partial charge in [-0.25, -0.2) is 9.97 Å². The van der Waals surface area contributed by atoms with E-state index in [1.807, 2.05) is 6.92 Å². The van der Waals surface area contributed by atoms with Crippen LogP contribution in [0, 0.1) is 0 Å². The summed E-state index contributed by atoms with van der Waals surface area (Å²) in [7, 11) is 0. The van der Waals surface area contributed by atoms with Gasteiger partial charge in [0.15, 0.2) is 0 Å². The second-order valence-corrected chi connectivity index (χ2v) is 8.79. The zero-order valence-corrected chi connectivity index (χ0v) is 20.2. The van der Waals surface area contributed by atoms with Gasteiger partial charge in [0.1, 0.15) is 11.6 Å². The number of nitrogens with zero attached hydrogens (tertiary/aromatic N) is 2. The van der Waals surface area contributed by atoms with Gasteiger partial charge >= 0.3 is 18.3 Å². The van der Waals surface area contributed by atoms with Crippen LogP contribution >= 0.6 is 0 Å². The number of ether oxygens (including phenoxy) is 1. The molecule has 204 valence electrons. The zero-order chi connectivity index (χ0) is 28.1. The molecule has 0 spiro atoms. The number of halogens is 6. The third-order valence-electron chi connectivity index (χ3n) is 5.88. The van der Waals surface area contributed by atoms with Gasteiger partial charge < -0.3 is 15.6 Å². The molecule has 0 radical (unpaired) electrons. The Morgan fingerprint density at radius 1 is 0.974 bits per heavy atom. The van der Waals surface area contributed by atoms with E-state index in [9.17, 15) is 31.1 Å². The SMILES string of the molecule is CCc1cnc(C(N)(CCOc2cccc(CC(=O)O)c2)Cc2ccc(C(F)(F)F)cc2C(F)(F)F)nc1. The molecular formula is C26H25F6N3O3. The van der Waals surface area contributed by atoms with Crippen LogP contribution in [0.1, 0.15) is 47.0 Å². The van der Waals surface area contributed by atoms with Crippen molar-refractivity contribution in [3.05, 3.63) is 88.5 Å². The monoisotopic (exact) mass is 541 g/mol. The van der Waals surface area contributed by atoms with Crippen molar-refractivity contribution in [1.29, 1.82) is 0 Å². The Balaban J connectivity index is 1.93. The maximum atomic E-state index is 13.8. The van der Waals surface area contributed by atoms with Crippen LogP contribution < -0.4 is 10.5 Å². The fourth-order valence-corrected chi connectivity index (χ4v) is 3.86. The summed E-state index contributed by atoms with van der Waals surface area (Å²) in [5.41, 5.74) is 2.85. The largest absolute Gasteiger partial charge is 0.494 e. The van der Waals surface area contributed by atoms with Crippen LogP contribution in [-0.2, 0) is 41.9 Å². The summed E-state index contributed by atoms with van der Waals surface area (Å²) >= 11 is 0. The highest BCUT2D eigenvalue weighted by Gasteiger charge is 2.40. The molecule has 0 bridgehead atoms. The number of aryl methyl sites for hydroxylation is 1. The minimum absolute atomic E-state index is 0.00551. The molecule has 0 aliphatic heterocycles. The Labute approximate surface area is 214 Å². The third kappa shape index (κ3) is 7.44. The zero-order valence-electron chi connectivity index (χ0n) is 20.2. The van der Waals surface area contributed by atoms with Crippen molar-refractivity contribution in [1.82, 2.24) is 9.97 Å². The van der Waals surface area contributed by atoms with Gasteiger partial charge in [-0.3, -0.25) is 4.79 Å². The number of benzene rings is 2. The summed E-state index contributed by atoms with van der Waals surface area (Å²) in [6.45, 7) is 1.74. The van der Waals surface area contributed by atoms with E-state index in [4.69, 9.17) is 15.6 Å². The fourth-order valence-electron chi connectivity index (χ4n) is 3.86. The number of aliphatic carboxylic acids is 1. The molecule has 0 aliphatic carbocycles. The van der Waals surface area contributed by atoms with E-state index in [0.29, 0.717) is 23.8 Å². The maximum absolute atomic E-state index is 13.8. The molecule has 1 atom stereocenters. The second kappa shape index (κ2) is 11.4. The number of aromatic nitrogens is 2. The first-order valence-corrected chi connectivity index (χ1v) is 11.5. The summed E-state index contributed by atoms with van der Waals surface area (Å²) < 4.78 is 86.4. The quantitative estimate of drug-likeness (QED) is 0.326. The highest BCUT2D eigenvalue weighted by atomic mass is 19.4. The molecule has 38 heavy (non-hydrogen) atoms. The lowest BCUT2D eigenvalue weighted by atomic mass is 9.85. The Morgan fingerprint density at radius 3 is 2.24 bits per heavy atom. The average molecular weight is 541 g/mol. The van der Waals surface area contributed by atoms with Crippen LogP contribution in [-0.4, -0.2) is 27.7 Å². The van der Waals surface area contributed by atoms with E-state index >= 15 is 0 Å². The van der Waals surface area contributed by atoms with Crippen LogP contribution in [0.15, 0.2) is 54.9 Å². The molecule has 1 aromatic heterocycles. The Kier molecular flexibility index (Phi) is 8.65. The molecule has 12 heteroatoms. The lowest BCUT2D eigenvalue weighted by Gasteiger charge is -2.29. The predicted molar refractivity (Wildman–Crippen MR) is 125 cm³/mol. The Bertz CT molecular complexity index is 1260. The van der Waals surface area contributed by atoms with Crippen molar-refractivity contribution in [3.8, 4) is 5.75 Å². The van der Waals surface area contributed by atoms with Crippen LogP contribution in [0.4, 0.5) is 26.3 Å². The van der Waals surface area contributed by atoms with Gasteiger partial charge in [-0.05, 0) is 53.8 Å². The summed E-state index contributed by atoms with van der Waals surface area (Å²) in [4.78, 5) is 19.4. The Hall–Kier alpha value is -3.67. The fraction of sp³-hybridized carbons (Fsp3) is 0.346. The maximum Gasteiger partial charge on any atom is 0.416 e. The molecule has 0 fully saturated rings. The molecule has 0 saturated carbocycles. The number of carboxylic acids is 1. The molecule has 0 amide bonds. The van der Waals surface area contributed by atoms with Gasteiger partial charge in [0, 0.05) is 18.8 Å². The number of alkyl halides is 6. The van der Waals surface area contributed by atoms with Crippen molar-refractivity contribution in [3.63, 3.8) is 0 Å². The highest BCUT2D eigenvalue weighted by molar-refractivity contribution is 5.70. The number of carbonyl (C=O) groups is 1. The van der Waals surface area contributed by atoms with E-state index in [0.717, 1.165) is 11.6 Å². The number of hydrogen-bond acceptors (Lipinski definition) is 5. The summed E-state index contributed by atoms with van der Waals surface area (Å²) in [6, 6.07) is 7.69. The number of hydrogen-bond donors (Lipinski definition) is 2. The van der Waals surface area contributed by atoms with Gasteiger partial charge in [0.2, 0.25) is 0 Å². The van der Waals surface area contributed by atoms with Crippen LogP contribution in [0.2, 0.25) is 0 Å². The third-order valence-corrected chi connectivity index (χ3v) is 5.88. The number of rotatable bonds is 10. The van der Waals surface area contributed by atoms with E-state index in [1.165, 1.54) is 18.5 Å².